The summed E-state index contributed by atoms with van der Waals surface area (Å²) in [4.78, 5) is 2.17. The second-order valence-corrected chi connectivity index (χ2v) is 6.56. The van der Waals surface area contributed by atoms with Gasteiger partial charge < -0.3 is 15.3 Å². The minimum absolute atomic E-state index is 0.319. The summed E-state index contributed by atoms with van der Waals surface area (Å²) in [7, 11) is 4.03. The van der Waals surface area contributed by atoms with E-state index < -0.39 is 5.60 Å². The zero-order valence-electron chi connectivity index (χ0n) is 12.3. The lowest BCUT2D eigenvalue weighted by Crippen LogP contribution is -2.37. The van der Waals surface area contributed by atoms with Gasteiger partial charge in [0.1, 0.15) is 0 Å². The molecule has 0 aliphatic carbocycles. The van der Waals surface area contributed by atoms with Gasteiger partial charge in [-0.15, -0.1) is 0 Å². The number of nitrogens with one attached hydrogen (secondary N) is 1. The molecule has 0 aliphatic heterocycles. The first kappa shape index (κ1) is 16.6. The van der Waals surface area contributed by atoms with Crippen LogP contribution in [0.1, 0.15) is 31.9 Å². The van der Waals surface area contributed by atoms with E-state index in [0.29, 0.717) is 12.6 Å². The van der Waals surface area contributed by atoms with E-state index in [1.54, 1.807) is 0 Å². The molecule has 1 atom stereocenters. The second-order valence-electron chi connectivity index (χ2n) is 5.70. The largest absolute Gasteiger partial charge is 0.389 e. The third-order valence-corrected chi connectivity index (χ3v) is 3.81. The molecule has 1 aromatic rings. The van der Waals surface area contributed by atoms with Crippen molar-refractivity contribution < 1.29 is 5.11 Å². The van der Waals surface area contributed by atoms with Gasteiger partial charge in [0.05, 0.1) is 5.60 Å². The highest BCUT2D eigenvalue weighted by Crippen LogP contribution is 2.25. The highest BCUT2D eigenvalue weighted by molar-refractivity contribution is 9.10. The van der Waals surface area contributed by atoms with Gasteiger partial charge in [0.15, 0.2) is 0 Å². The minimum Gasteiger partial charge on any atom is -0.389 e. The number of halogens is 1. The Kier molecular flexibility index (Phi) is 6.47. The average molecular weight is 329 g/mol. The van der Waals surface area contributed by atoms with E-state index in [2.05, 4.69) is 44.3 Å². The van der Waals surface area contributed by atoms with Crippen LogP contribution in [-0.4, -0.2) is 42.8 Å². The van der Waals surface area contributed by atoms with Crippen LogP contribution in [-0.2, 0) is 0 Å². The predicted molar refractivity (Wildman–Crippen MR) is 84.4 cm³/mol. The maximum atomic E-state index is 9.81. The molecule has 1 rings (SSSR count). The molecule has 0 bridgehead atoms. The van der Waals surface area contributed by atoms with Crippen LogP contribution in [0, 0.1) is 0 Å². The van der Waals surface area contributed by atoms with Gasteiger partial charge in [-0.05, 0) is 52.5 Å². The summed E-state index contributed by atoms with van der Waals surface area (Å²) in [6.45, 7) is 5.30. The molecule has 3 nitrogen and oxygen atoms in total. The molecular formula is C15H25BrN2O. The summed E-state index contributed by atoms with van der Waals surface area (Å²) < 4.78 is 1.14. The van der Waals surface area contributed by atoms with E-state index in [1.807, 2.05) is 34.0 Å². The van der Waals surface area contributed by atoms with Crippen molar-refractivity contribution in [1.82, 2.24) is 10.2 Å². The van der Waals surface area contributed by atoms with Crippen molar-refractivity contribution in [3.8, 4) is 0 Å². The molecule has 2 N–H and O–H groups in total. The van der Waals surface area contributed by atoms with Crippen LogP contribution < -0.4 is 5.32 Å². The van der Waals surface area contributed by atoms with Crippen molar-refractivity contribution in [2.75, 3.05) is 27.2 Å². The predicted octanol–water partition coefficient (Wildman–Crippen LogP) is 2.80. The number of nitrogens with zero attached hydrogens (tertiary/aromatic N) is 1. The summed E-state index contributed by atoms with van der Waals surface area (Å²) in [5.41, 5.74) is 0.638. The third kappa shape index (κ3) is 6.04. The fraction of sp³-hybridized carbons (Fsp3) is 0.600. The van der Waals surface area contributed by atoms with Gasteiger partial charge in [0.2, 0.25) is 0 Å². The number of aliphatic hydroxyl groups is 1. The van der Waals surface area contributed by atoms with Crippen molar-refractivity contribution in [3.05, 3.63) is 34.3 Å². The first-order chi connectivity index (χ1) is 8.83. The van der Waals surface area contributed by atoms with Gasteiger partial charge in [-0.1, -0.05) is 34.1 Å². The molecule has 0 fully saturated rings. The Balaban J connectivity index is 2.57. The van der Waals surface area contributed by atoms with Crippen molar-refractivity contribution in [2.24, 2.45) is 0 Å². The molecule has 0 aromatic heterocycles. The van der Waals surface area contributed by atoms with Crippen LogP contribution in [0.15, 0.2) is 28.7 Å². The van der Waals surface area contributed by atoms with Crippen LogP contribution in [0.5, 0.6) is 0 Å². The second kappa shape index (κ2) is 7.39. The number of rotatable bonds is 7. The zero-order valence-corrected chi connectivity index (χ0v) is 13.9. The number of benzene rings is 1. The molecule has 4 heteroatoms. The van der Waals surface area contributed by atoms with Crippen molar-refractivity contribution >= 4 is 15.9 Å². The molecule has 0 heterocycles. The topological polar surface area (TPSA) is 35.5 Å². The van der Waals surface area contributed by atoms with Crippen LogP contribution in [0.3, 0.4) is 0 Å². The maximum Gasteiger partial charge on any atom is 0.0718 e. The van der Waals surface area contributed by atoms with Crippen molar-refractivity contribution in [3.63, 3.8) is 0 Å². The zero-order chi connectivity index (χ0) is 14.5. The van der Waals surface area contributed by atoms with Gasteiger partial charge >= 0.3 is 0 Å². The lowest BCUT2D eigenvalue weighted by Gasteiger charge is -2.27. The highest BCUT2D eigenvalue weighted by atomic mass is 79.9. The van der Waals surface area contributed by atoms with Crippen LogP contribution in [0.25, 0.3) is 0 Å². The molecule has 19 heavy (non-hydrogen) atoms. The van der Waals surface area contributed by atoms with E-state index >= 15 is 0 Å². The van der Waals surface area contributed by atoms with Crippen LogP contribution >= 0.6 is 15.9 Å². The Labute approximate surface area is 125 Å². The smallest absolute Gasteiger partial charge is 0.0718 e. The van der Waals surface area contributed by atoms with E-state index in [9.17, 15) is 5.11 Å². The van der Waals surface area contributed by atoms with Crippen LogP contribution in [0.2, 0.25) is 0 Å². The van der Waals surface area contributed by atoms with E-state index in [0.717, 1.165) is 17.4 Å². The normalized spacial score (nSPS) is 13.8. The van der Waals surface area contributed by atoms with E-state index in [-0.39, 0.29) is 0 Å². The highest BCUT2D eigenvalue weighted by Gasteiger charge is 2.17. The molecule has 1 aromatic carbocycles. The summed E-state index contributed by atoms with van der Waals surface area (Å²) in [6.07, 6.45) is 1.01. The average Bonchev–Trinajstić information content (AvgIpc) is 2.29. The van der Waals surface area contributed by atoms with Gasteiger partial charge in [-0.3, -0.25) is 0 Å². The van der Waals surface area contributed by atoms with Gasteiger partial charge in [0.25, 0.3) is 0 Å². The summed E-state index contributed by atoms with van der Waals surface area (Å²) >= 11 is 3.60. The Bertz CT molecular complexity index is 390. The molecule has 108 valence electrons. The van der Waals surface area contributed by atoms with Gasteiger partial charge in [-0.25, -0.2) is 0 Å². The molecule has 0 radical (unpaired) electrons. The Morgan fingerprint density at radius 1 is 1.37 bits per heavy atom. The minimum atomic E-state index is -0.642. The Morgan fingerprint density at radius 2 is 2.00 bits per heavy atom. The SMILES string of the molecule is CNC(CCN(C)CC(C)(C)O)c1ccccc1Br. The van der Waals surface area contributed by atoms with Crippen molar-refractivity contribution in [1.29, 1.82) is 0 Å². The molecule has 0 saturated carbocycles. The molecule has 1 unspecified atom stereocenters. The van der Waals surface area contributed by atoms with Gasteiger partial charge in [-0.2, -0.15) is 0 Å². The lowest BCUT2D eigenvalue weighted by atomic mass is 10.0. The quantitative estimate of drug-likeness (QED) is 0.807. The molecule has 0 amide bonds. The first-order valence-electron chi connectivity index (χ1n) is 6.66. The first-order valence-corrected chi connectivity index (χ1v) is 7.45. The maximum absolute atomic E-state index is 9.81. The number of likely N-dealkylation sites (N-methyl/N-ethyl adjacent to an activating group) is 1. The van der Waals surface area contributed by atoms with E-state index in [1.165, 1.54) is 5.56 Å². The summed E-state index contributed by atoms with van der Waals surface area (Å²) in [6, 6.07) is 8.62. The number of hydrogen-bond acceptors (Lipinski definition) is 3. The Hall–Kier alpha value is -0.420. The fourth-order valence-electron chi connectivity index (χ4n) is 2.30. The summed E-state index contributed by atoms with van der Waals surface area (Å²) in [5.74, 6) is 0. The molecule has 0 saturated heterocycles. The molecule has 0 spiro atoms. The molecule has 0 aliphatic rings. The van der Waals surface area contributed by atoms with Crippen LogP contribution in [0.4, 0.5) is 0 Å². The van der Waals surface area contributed by atoms with Gasteiger partial charge in [0, 0.05) is 17.1 Å². The van der Waals surface area contributed by atoms with E-state index in [4.69, 9.17) is 0 Å². The standard InChI is InChI=1S/C15H25BrN2O/c1-15(2,19)11-18(4)10-9-14(17-3)12-7-5-6-8-13(12)16/h5-8,14,17,19H,9-11H2,1-4H3. The number of hydrogen-bond donors (Lipinski definition) is 2. The third-order valence-electron chi connectivity index (χ3n) is 3.09. The van der Waals surface area contributed by atoms with Crippen molar-refractivity contribution in [2.45, 2.75) is 31.9 Å². The lowest BCUT2D eigenvalue weighted by molar-refractivity contribution is 0.0436. The summed E-state index contributed by atoms with van der Waals surface area (Å²) in [5, 5.41) is 13.2. The monoisotopic (exact) mass is 328 g/mol. The fourth-order valence-corrected chi connectivity index (χ4v) is 2.86. The molecular weight excluding hydrogens is 304 g/mol. The Morgan fingerprint density at radius 3 is 2.53 bits per heavy atom.